The number of amides is 1. The van der Waals surface area contributed by atoms with E-state index in [4.69, 9.17) is 0 Å². The van der Waals surface area contributed by atoms with Crippen LogP contribution in [0.15, 0.2) is 18.2 Å². The summed E-state index contributed by atoms with van der Waals surface area (Å²) in [6.45, 7) is 5.72. The molecule has 1 N–H and O–H groups in total. The van der Waals surface area contributed by atoms with Crippen LogP contribution in [-0.4, -0.2) is 35.9 Å². The van der Waals surface area contributed by atoms with Gasteiger partial charge in [-0.05, 0) is 24.0 Å². The van der Waals surface area contributed by atoms with Crippen molar-refractivity contribution < 1.29 is 9.72 Å². The molecule has 0 saturated carbocycles. The molecule has 0 unspecified atom stereocenters. The lowest BCUT2D eigenvalue weighted by Crippen LogP contribution is -2.30. The molecule has 0 bridgehead atoms. The SMILES string of the molecule is CNc1cc(C(=O)N2CCC(C)(C)C2)ccc1[N+](=O)[O-]. The van der Waals surface area contributed by atoms with Crippen molar-refractivity contribution in [3.8, 4) is 0 Å². The van der Waals surface area contributed by atoms with Crippen molar-refractivity contribution in [2.45, 2.75) is 20.3 Å². The van der Waals surface area contributed by atoms with Crippen molar-refractivity contribution in [2.75, 3.05) is 25.5 Å². The monoisotopic (exact) mass is 277 g/mol. The molecule has 6 nitrogen and oxygen atoms in total. The highest BCUT2D eigenvalue weighted by molar-refractivity contribution is 5.96. The zero-order valence-corrected chi connectivity index (χ0v) is 12.0. The summed E-state index contributed by atoms with van der Waals surface area (Å²) in [5.41, 5.74) is 0.963. The molecule has 20 heavy (non-hydrogen) atoms. The summed E-state index contributed by atoms with van der Waals surface area (Å²) in [5.74, 6) is -0.0676. The topological polar surface area (TPSA) is 75.5 Å². The van der Waals surface area contributed by atoms with Crippen molar-refractivity contribution >= 4 is 17.3 Å². The van der Waals surface area contributed by atoms with E-state index in [-0.39, 0.29) is 17.0 Å². The van der Waals surface area contributed by atoms with Gasteiger partial charge in [-0.3, -0.25) is 14.9 Å². The van der Waals surface area contributed by atoms with Crippen molar-refractivity contribution in [3.63, 3.8) is 0 Å². The fourth-order valence-corrected chi connectivity index (χ4v) is 2.50. The Morgan fingerprint density at radius 1 is 1.45 bits per heavy atom. The smallest absolute Gasteiger partial charge is 0.292 e. The van der Waals surface area contributed by atoms with Gasteiger partial charge < -0.3 is 10.2 Å². The van der Waals surface area contributed by atoms with Gasteiger partial charge in [-0.1, -0.05) is 13.8 Å². The van der Waals surface area contributed by atoms with E-state index in [1.807, 2.05) is 0 Å². The first kappa shape index (κ1) is 14.3. The van der Waals surface area contributed by atoms with Crippen LogP contribution in [0, 0.1) is 15.5 Å². The van der Waals surface area contributed by atoms with Gasteiger partial charge in [0.05, 0.1) is 4.92 Å². The van der Waals surface area contributed by atoms with Gasteiger partial charge in [0.2, 0.25) is 0 Å². The van der Waals surface area contributed by atoms with Crippen LogP contribution in [-0.2, 0) is 0 Å². The fourth-order valence-electron chi connectivity index (χ4n) is 2.50. The maximum atomic E-state index is 12.4. The van der Waals surface area contributed by atoms with Crippen LogP contribution in [0.2, 0.25) is 0 Å². The van der Waals surface area contributed by atoms with Crippen molar-refractivity contribution in [3.05, 3.63) is 33.9 Å². The standard InChI is InChI=1S/C14H19N3O3/c1-14(2)6-7-16(9-14)13(18)10-4-5-12(17(19)20)11(8-10)15-3/h4-5,8,15H,6-7,9H2,1-3H3. The predicted molar refractivity (Wildman–Crippen MR) is 76.9 cm³/mol. The first-order valence-electron chi connectivity index (χ1n) is 6.59. The number of carbonyl (C=O) groups excluding carboxylic acids is 1. The first-order chi connectivity index (χ1) is 9.34. The predicted octanol–water partition coefficient (Wildman–Crippen LogP) is 2.51. The minimum absolute atomic E-state index is 0.0224. The Balaban J connectivity index is 2.25. The summed E-state index contributed by atoms with van der Waals surface area (Å²) < 4.78 is 0. The van der Waals surface area contributed by atoms with Crippen LogP contribution in [0.1, 0.15) is 30.6 Å². The summed E-state index contributed by atoms with van der Waals surface area (Å²) in [5, 5.41) is 13.6. The molecule has 0 atom stereocenters. The van der Waals surface area contributed by atoms with E-state index in [2.05, 4.69) is 19.2 Å². The third kappa shape index (κ3) is 2.74. The number of nitro groups is 1. The van der Waals surface area contributed by atoms with Gasteiger partial charge in [0.1, 0.15) is 5.69 Å². The molecule has 1 saturated heterocycles. The average Bonchev–Trinajstić information content (AvgIpc) is 2.77. The maximum Gasteiger partial charge on any atom is 0.292 e. The normalized spacial score (nSPS) is 17.1. The van der Waals surface area contributed by atoms with Gasteiger partial charge in [0.25, 0.3) is 11.6 Å². The lowest BCUT2D eigenvalue weighted by molar-refractivity contribution is -0.383. The fraction of sp³-hybridized carbons (Fsp3) is 0.500. The zero-order valence-electron chi connectivity index (χ0n) is 12.0. The number of benzene rings is 1. The lowest BCUT2D eigenvalue weighted by Gasteiger charge is -2.20. The Bertz CT molecular complexity index is 555. The van der Waals surface area contributed by atoms with E-state index in [1.165, 1.54) is 12.1 Å². The molecule has 1 aliphatic heterocycles. The van der Waals surface area contributed by atoms with E-state index in [1.54, 1.807) is 18.0 Å². The summed E-state index contributed by atoms with van der Waals surface area (Å²) in [7, 11) is 1.61. The third-order valence-electron chi connectivity index (χ3n) is 3.67. The Labute approximate surface area is 117 Å². The number of likely N-dealkylation sites (tertiary alicyclic amines) is 1. The molecule has 1 aromatic carbocycles. The number of rotatable bonds is 3. The van der Waals surface area contributed by atoms with Crippen molar-refractivity contribution in [1.82, 2.24) is 4.90 Å². The van der Waals surface area contributed by atoms with E-state index < -0.39 is 4.92 Å². The second kappa shape index (κ2) is 5.11. The Morgan fingerprint density at radius 2 is 2.15 bits per heavy atom. The Hall–Kier alpha value is -2.11. The number of nitrogens with zero attached hydrogens (tertiary/aromatic N) is 2. The molecule has 6 heteroatoms. The van der Waals surface area contributed by atoms with Crippen molar-refractivity contribution in [1.29, 1.82) is 0 Å². The number of carbonyl (C=O) groups is 1. The number of hydrogen-bond acceptors (Lipinski definition) is 4. The molecule has 1 heterocycles. The van der Waals surface area contributed by atoms with Gasteiger partial charge in [-0.2, -0.15) is 0 Å². The van der Waals surface area contributed by atoms with Crippen molar-refractivity contribution in [2.24, 2.45) is 5.41 Å². The van der Waals surface area contributed by atoms with Crippen LogP contribution in [0.5, 0.6) is 0 Å². The van der Waals surface area contributed by atoms with Gasteiger partial charge in [-0.15, -0.1) is 0 Å². The molecule has 0 spiro atoms. The van der Waals surface area contributed by atoms with Crippen LogP contribution in [0.4, 0.5) is 11.4 Å². The van der Waals surface area contributed by atoms with Crippen LogP contribution in [0.25, 0.3) is 0 Å². The van der Waals surface area contributed by atoms with Crippen LogP contribution < -0.4 is 5.32 Å². The molecule has 0 radical (unpaired) electrons. The molecule has 0 aliphatic carbocycles. The molecule has 1 fully saturated rings. The van der Waals surface area contributed by atoms with E-state index in [0.717, 1.165) is 19.5 Å². The summed E-state index contributed by atoms with van der Waals surface area (Å²) in [6, 6.07) is 4.44. The minimum atomic E-state index is -0.459. The largest absolute Gasteiger partial charge is 0.383 e. The Morgan fingerprint density at radius 3 is 2.65 bits per heavy atom. The molecule has 108 valence electrons. The summed E-state index contributed by atoms with van der Waals surface area (Å²) in [4.78, 5) is 24.6. The quantitative estimate of drug-likeness (QED) is 0.680. The van der Waals surface area contributed by atoms with Crippen LogP contribution >= 0.6 is 0 Å². The number of anilines is 1. The molecule has 1 aliphatic rings. The zero-order chi connectivity index (χ0) is 14.9. The second-order valence-electron chi connectivity index (χ2n) is 5.88. The van der Waals surface area contributed by atoms with Gasteiger partial charge >= 0.3 is 0 Å². The second-order valence-corrected chi connectivity index (χ2v) is 5.88. The third-order valence-corrected chi connectivity index (χ3v) is 3.67. The average molecular weight is 277 g/mol. The maximum absolute atomic E-state index is 12.4. The van der Waals surface area contributed by atoms with Gasteiger partial charge in [-0.25, -0.2) is 0 Å². The summed E-state index contributed by atoms with van der Waals surface area (Å²) >= 11 is 0. The highest BCUT2D eigenvalue weighted by Gasteiger charge is 2.32. The minimum Gasteiger partial charge on any atom is -0.383 e. The molecule has 0 aromatic heterocycles. The van der Waals surface area contributed by atoms with Gasteiger partial charge in [0, 0.05) is 31.8 Å². The number of nitro benzene ring substituents is 1. The van der Waals surface area contributed by atoms with Gasteiger partial charge in [0.15, 0.2) is 0 Å². The van der Waals surface area contributed by atoms with E-state index >= 15 is 0 Å². The number of nitrogens with one attached hydrogen (secondary N) is 1. The molecular weight excluding hydrogens is 258 g/mol. The molecular formula is C14H19N3O3. The molecule has 1 aromatic rings. The lowest BCUT2D eigenvalue weighted by atomic mass is 9.93. The highest BCUT2D eigenvalue weighted by Crippen LogP contribution is 2.31. The van der Waals surface area contributed by atoms with E-state index in [9.17, 15) is 14.9 Å². The Kier molecular flexibility index (Phi) is 3.65. The van der Waals surface area contributed by atoms with Crippen LogP contribution in [0.3, 0.4) is 0 Å². The summed E-state index contributed by atoms with van der Waals surface area (Å²) in [6.07, 6.45) is 0.977. The first-order valence-corrected chi connectivity index (χ1v) is 6.59. The van der Waals surface area contributed by atoms with E-state index in [0.29, 0.717) is 11.3 Å². The molecule has 2 rings (SSSR count). The molecule has 1 amide bonds. The highest BCUT2D eigenvalue weighted by atomic mass is 16.6. The number of hydrogen-bond donors (Lipinski definition) is 1.